The maximum Gasteiger partial charge on any atom is 0.283 e. The number of fused-ring (bicyclic) bond motifs is 1. The first kappa shape index (κ1) is 21.7. The van der Waals surface area contributed by atoms with Crippen molar-refractivity contribution in [1.82, 2.24) is 14.5 Å². The molecule has 5 rings (SSSR count). The first-order valence-corrected chi connectivity index (χ1v) is 11.7. The lowest BCUT2D eigenvalue weighted by Crippen LogP contribution is -2.39. The van der Waals surface area contributed by atoms with Crippen molar-refractivity contribution in [2.24, 2.45) is 10.1 Å². The van der Waals surface area contributed by atoms with E-state index in [0.717, 1.165) is 40.9 Å². The maximum absolute atomic E-state index is 12.9. The fraction of sp³-hybridized carbons (Fsp3) is 0.333. The number of hydrogen-bond donors (Lipinski definition) is 1. The summed E-state index contributed by atoms with van der Waals surface area (Å²) in [5, 5.41) is 15.9. The number of morpholine rings is 1. The van der Waals surface area contributed by atoms with Gasteiger partial charge in [-0.2, -0.15) is 10.0 Å². The summed E-state index contributed by atoms with van der Waals surface area (Å²) in [6, 6.07) is 8.49. The van der Waals surface area contributed by atoms with Gasteiger partial charge in [-0.25, -0.2) is 0 Å². The third-order valence-corrected chi connectivity index (χ3v) is 6.93. The number of hydrogen-bond acceptors (Lipinski definition) is 6. The van der Waals surface area contributed by atoms with Crippen molar-refractivity contribution in [3.63, 3.8) is 0 Å². The number of benzene rings is 1. The van der Waals surface area contributed by atoms with Crippen LogP contribution < -0.4 is 0 Å². The van der Waals surface area contributed by atoms with Gasteiger partial charge in [0.15, 0.2) is 11.0 Å². The highest BCUT2D eigenvalue weighted by Gasteiger charge is 2.37. The number of carbonyl (C=O) groups excluding carboxylic acids is 1. The average Bonchev–Trinajstić information content (AvgIpc) is 3.31. The van der Waals surface area contributed by atoms with Gasteiger partial charge in [0.05, 0.1) is 18.8 Å². The van der Waals surface area contributed by atoms with Crippen LogP contribution in [0.2, 0.25) is 0 Å². The molecule has 1 amide bonds. The predicted octanol–water partition coefficient (Wildman–Crippen LogP) is 3.62. The Bertz CT molecular complexity index is 1250. The van der Waals surface area contributed by atoms with Crippen molar-refractivity contribution in [3.05, 3.63) is 57.9 Å². The minimum Gasteiger partial charge on any atom is -0.378 e. The molecule has 1 aromatic carbocycles. The van der Waals surface area contributed by atoms with Crippen LogP contribution in [-0.2, 0) is 9.53 Å². The number of aromatic nitrogens is 1. The molecule has 0 aliphatic carbocycles. The Kier molecular flexibility index (Phi) is 5.46. The van der Waals surface area contributed by atoms with Gasteiger partial charge in [0.1, 0.15) is 0 Å². The van der Waals surface area contributed by atoms with Crippen LogP contribution in [0.1, 0.15) is 28.1 Å². The van der Waals surface area contributed by atoms with E-state index in [2.05, 4.69) is 51.6 Å². The van der Waals surface area contributed by atoms with E-state index in [9.17, 15) is 4.79 Å². The molecule has 3 aliphatic heterocycles. The number of thioether (sulfide) groups is 1. The standard InChI is InChI=1S/C24H26N6O2S/c1-14-9-15(2)11-19(10-14)29-16(3)12-18(17(29)4)13-20-21(25)30-23(26-22(20)31)33-24(27-30)28-5-7-32-8-6-28/h9-13,25H,5-8H2,1-4H3/b20-13+,25-21?. The lowest BCUT2D eigenvalue weighted by atomic mass is 10.1. The van der Waals surface area contributed by atoms with Crippen molar-refractivity contribution >= 4 is 39.9 Å². The molecule has 8 nitrogen and oxygen atoms in total. The van der Waals surface area contributed by atoms with Crippen molar-refractivity contribution in [3.8, 4) is 5.69 Å². The molecule has 4 heterocycles. The highest BCUT2D eigenvalue weighted by molar-refractivity contribution is 8.26. The highest BCUT2D eigenvalue weighted by atomic mass is 32.2. The lowest BCUT2D eigenvalue weighted by molar-refractivity contribution is -0.114. The van der Waals surface area contributed by atoms with Crippen molar-refractivity contribution in [2.75, 3.05) is 26.3 Å². The van der Waals surface area contributed by atoms with E-state index in [-0.39, 0.29) is 11.4 Å². The van der Waals surface area contributed by atoms with Gasteiger partial charge in [-0.05, 0) is 80.4 Å². The van der Waals surface area contributed by atoms with Crippen LogP contribution in [0.3, 0.4) is 0 Å². The van der Waals surface area contributed by atoms with E-state index >= 15 is 0 Å². The summed E-state index contributed by atoms with van der Waals surface area (Å²) in [5.41, 5.74) is 6.69. The second-order valence-corrected chi connectivity index (χ2v) is 9.44. The van der Waals surface area contributed by atoms with E-state index in [1.807, 2.05) is 19.9 Å². The summed E-state index contributed by atoms with van der Waals surface area (Å²) in [6.07, 6.45) is 1.76. The zero-order chi connectivity index (χ0) is 23.3. The first-order chi connectivity index (χ1) is 15.8. The van der Waals surface area contributed by atoms with E-state index < -0.39 is 5.91 Å². The molecule has 2 aromatic rings. The number of ether oxygens (including phenoxy) is 1. The number of hydrazone groups is 1. The Morgan fingerprint density at radius 3 is 2.42 bits per heavy atom. The van der Waals surface area contributed by atoms with Gasteiger partial charge in [0, 0.05) is 30.2 Å². The Hall–Kier alpha value is -3.17. The van der Waals surface area contributed by atoms with Crippen LogP contribution >= 0.6 is 11.8 Å². The topological polar surface area (TPSA) is 86.3 Å². The molecule has 0 bridgehead atoms. The summed E-state index contributed by atoms with van der Waals surface area (Å²) in [7, 11) is 0. The number of nitrogens with one attached hydrogen (secondary N) is 1. The summed E-state index contributed by atoms with van der Waals surface area (Å²) in [5.74, 6) is -0.356. The molecule has 1 fully saturated rings. The molecule has 0 saturated carbocycles. The normalized spacial score (nSPS) is 19.8. The third kappa shape index (κ3) is 3.91. The number of amides is 1. The average molecular weight is 463 g/mol. The zero-order valence-electron chi connectivity index (χ0n) is 19.2. The summed E-state index contributed by atoms with van der Waals surface area (Å²) in [4.78, 5) is 19.2. The molecule has 1 saturated heterocycles. The highest BCUT2D eigenvalue weighted by Crippen LogP contribution is 2.31. The van der Waals surface area contributed by atoms with E-state index in [1.54, 1.807) is 6.08 Å². The molecule has 170 valence electrons. The number of aliphatic imine (C=N–C) groups is 1. The second kappa shape index (κ2) is 8.31. The molecule has 0 radical (unpaired) electrons. The summed E-state index contributed by atoms with van der Waals surface area (Å²) in [6.45, 7) is 11.0. The van der Waals surface area contributed by atoms with Crippen molar-refractivity contribution in [1.29, 1.82) is 5.41 Å². The molecule has 3 aliphatic rings. The van der Waals surface area contributed by atoms with Crippen LogP contribution in [0.15, 0.2) is 39.9 Å². The second-order valence-electron chi connectivity index (χ2n) is 8.51. The van der Waals surface area contributed by atoms with Crippen molar-refractivity contribution < 1.29 is 9.53 Å². The quantitative estimate of drug-likeness (QED) is 0.689. The zero-order valence-corrected chi connectivity index (χ0v) is 20.0. The van der Waals surface area contributed by atoms with Crippen LogP contribution in [0.4, 0.5) is 0 Å². The van der Waals surface area contributed by atoms with Gasteiger partial charge in [-0.1, -0.05) is 6.07 Å². The molecular formula is C24H26N6O2S. The van der Waals surface area contributed by atoms with E-state index in [0.29, 0.717) is 18.4 Å². The fourth-order valence-electron chi connectivity index (χ4n) is 4.43. The number of aryl methyl sites for hydroxylation is 3. The van der Waals surface area contributed by atoms with Gasteiger partial charge in [-0.15, -0.1) is 5.10 Å². The number of rotatable bonds is 2. The van der Waals surface area contributed by atoms with Gasteiger partial charge in [0.2, 0.25) is 5.17 Å². The van der Waals surface area contributed by atoms with Crippen molar-refractivity contribution in [2.45, 2.75) is 27.7 Å². The first-order valence-electron chi connectivity index (χ1n) is 10.9. The Morgan fingerprint density at radius 1 is 1.03 bits per heavy atom. The van der Waals surface area contributed by atoms with Crippen LogP contribution in [0.25, 0.3) is 11.8 Å². The Balaban J connectivity index is 1.49. The fourth-order valence-corrected chi connectivity index (χ4v) is 5.38. The molecule has 9 heteroatoms. The monoisotopic (exact) mass is 462 g/mol. The lowest BCUT2D eigenvalue weighted by Gasteiger charge is -2.26. The van der Waals surface area contributed by atoms with Gasteiger partial charge in [-0.3, -0.25) is 10.2 Å². The van der Waals surface area contributed by atoms with Crippen LogP contribution in [-0.4, -0.2) is 62.9 Å². The molecule has 0 spiro atoms. The van der Waals surface area contributed by atoms with E-state index in [4.69, 9.17) is 10.1 Å². The third-order valence-electron chi connectivity index (χ3n) is 5.96. The molecule has 0 atom stereocenters. The van der Waals surface area contributed by atoms with Crippen LogP contribution in [0.5, 0.6) is 0 Å². The van der Waals surface area contributed by atoms with Gasteiger partial charge in [0.25, 0.3) is 5.91 Å². The van der Waals surface area contributed by atoms with Gasteiger partial charge < -0.3 is 14.2 Å². The molecular weight excluding hydrogens is 436 g/mol. The molecule has 1 N–H and O–H groups in total. The molecule has 33 heavy (non-hydrogen) atoms. The Labute approximate surface area is 197 Å². The van der Waals surface area contributed by atoms with E-state index in [1.165, 1.54) is 27.9 Å². The number of amidine groups is 3. The largest absolute Gasteiger partial charge is 0.378 e. The maximum atomic E-state index is 12.9. The summed E-state index contributed by atoms with van der Waals surface area (Å²) >= 11 is 1.33. The minimum atomic E-state index is -0.409. The molecule has 1 aromatic heterocycles. The minimum absolute atomic E-state index is 0.0527. The SMILES string of the molecule is Cc1cc(C)cc(-n2c(C)cc(/C=C3\C(=N)N4N=C(N5CCOCC5)SC4=NC3=O)c2C)c1. The number of nitrogens with zero attached hydrogens (tertiary/aromatic N) is 5. The summed E-state index contributed by atoms with van der Waals surface area (Å²) < 4.78 is 7.59. The van der Waals surface area contributed by atoms with Gasteiger partial charge >= 0.3 is 0 Å². The number of carbonyl (C=O) groups is 1. The predicted molar refractivity (Wildman–Crippen MR) is 132 cm³/mol. The smallest absolute Gasteiger partial charge is 0.283 e. The van der Waals surface area contributed by atoms with Crippen LogP contribution in [0, 0.1) is 33.1 Å². The Morgan fingerprint density at radius 2 is 1.73 bits per heavy atom. The molecule has 0 unspecified atom stereocenters.